The summed E-state index contributed by atoms with van der Waals surface area (Å²) in [6.45, 7) is 7.04. The summed E-state index contributed by atoms with van der Waals surface area (Å²) in [6.07, 6.45) is 6.59. The van der Waals surface area contributed by atoms with Gasteiger partial charge in [-0.2, -0.15) is 0 Å². The van der Waals surface area contributed by atoms with Crippen molar-refractivity contribution in [2.75, 3.05) is 0 Å². The highest BCUT2D eigenvalue weighted by atomic mass is 14.7. The molecule has 3 rings (SSSR count). The van der Waals surface area contributed by atoms with Crippen LogP contribution in [0.25, 0.3) is 21.8 Å². The fraction of sp³-hybridized carbons (Fsp3) is 0.455. The minimum Gasteiger partial charge on any atom is -0.355 e. The summed E-state index contributed by atoms with van der Waals surface area (Å²) in [5.41, 5.74) is 3.97. The van der Waals surface area contributed by atoms with Crippen molar-refractivity contribution >= 4 is 21.8 Å². The predicted molar refractivity (Wildman–Crippen MR) is 102 cm³/mol. The van der Waals surface area contributed by atoms with Crippen LogP contribution in [0.1, 0.15) is 52.0 Å². The Kier molecular flexibility index (Phi) is 5.05. The average Bonchev–Trinajstić information content (AvgIpc) is 2.90. The fourth-order valence-electron chi connectivity index (χ4n) is 3.49. The number of H-pyrrole nitrogens is 1. The van der Waals surface area contributed by atoms with E-state index in [1.807, 2.05) is 0 Å². The number of aryl methyl sites for hydroxylation is 1. The van der Waals surface area contributed by atoms with Crippen molar-refractivity contribution in [2.45, 2.75) is 52.9 Å². The van der Waals surface area contributed by atoms with Gasteiger partial charge in [0.2, 0.25) is 0 Å². The summed E-state index contributed by atoms with van der Waals surface area (Å²) in [4.78, 5) is 3.55. The van der Waals surface area contributed by atoms with E-state index in [9.17, 15) is 0 Å². The Morgan fingerprint density at radius 2 is 1.61 bits per heavy atom. The van der Waals surface area contributed by atoms with Gasteiger partial charge in [0.25, 0.3) is 0 Å². The maximum Gasteiger partial charge on any atom is 0.0467 e. The van der Waals surface area contributed by atoms with Crippen molar-refractivity contribution in [1.82, 2.24) is 4.98 Å². The zero-order valence-electron chi connectivity index (χ0n) is 14.7. The summed E-state index contributed by atoms with van der Waals surface area (Å²) in [5.74, 6) is 1.67. The molecular formula is C22H29N. The van der Waals surface area contributed by atoms with Crippen LogP contribution in [-0.4, -0.2) is 4.98 Å². The first kappa shape index (κ1) is 16.1. The second-order valence-corrected chi connectivity index (χ2v) is 7.52. The van der Waals surface area contributed by atoms with Crippen molar-refractivity contribution in [3.05, 3.63) is 48.0 Å². The maximum absolute atomic E-state index is 3.55. The van der Waals surface area contributed by atoms with E-state index in [0.29, 0.717) is 0 Å². The highest BCUT2D eigenvalue weighted by molar-refractivity contribution is 6.07. The predicted octanol–water partition coefficient (Wildman–Crippen LogP) is 6.72. The Morgan fingerprint density at radius 1 is 0.826 bits per heavy atom. The smallest absolute Gasteiger partial charge is 0.0467 e. The lowest BCUT2D eigenvalue weighted by Gasteiger charge is -2.12. The minimum absolute atomic E-state index is 0.826. The Labute approximate surface area is 140 Å². The van der Waals surface area contributed by atoms with Gasteiger partial charge in [-0.3, -0.25) is 0 Å². The Balaban J connectivity index is 1.63. The van der Waals surface area contributed by atoms with Gasteiger partial charge in [0.15, 0.2) is 0 Å². The van der Waals surface area contributed by atoms with Crippen molar-refractivity contribution in [3.63, 3.8) is 0 Å². The van der Waals surface area contributed by atoms with Crippen molar-refractivity contribution < 1.29 is 0 Å². The van der Waals surface area contributed by atoms with Gasteiger partial charge in [-0.15, -0.1) is 0 Å². The Bertz CT molecular complexity index is 766. The van der Waals surface area contributed by atoms with E-state index in [4.69, 9.17) is 0 Å². The monoisotopic (exact) mass is 307 g/mol. The molecule has 0 aliphatic carbocycles. The molecule has 0 radical (unpaired) electrons. The first-order valence-corrected chi connectivity index (χ1v) is 9.13. The first-order chi connectivity index (χ1) is 11.1. The molecule has 2 aromatic carbocycles. The van der Waals surface area contributed by atoms with E-state index in [1.54, 1.807) is 0 Å². The van der Waals surface area contributed by atoms with E-state index in [1.165, 1.54) is 59.5 Å². The highest BCUT2D eigenvalue weighted by Crippen LogP contribution is 2.26. The van der Waals surface area contributed by atoms with Crippen LogP contribution >= 0.6 is 0 Å². The molecule has 0 bridgehead atoms. The van der Waals surface area contributed by atoms with Gasteiger partial charge in [-0.25, -0.2) is 0 Å². The van der Waals surface area contributed by atoms with Crippen molar-refractivity contribution in [2.24, 2.45) is 11.8 Å². The van der Waals surface area contributed by atoms with Gasteiger partial charge in [-0.1, -0.05) is 70.4 Å². The van der Waals surface area contributed by atoms with E-state index in [0.717, 1.165) is 11.8 Å². The Hall–Kier alpha value is -1.76. The standard InChI is InChI=1S/C22H29N/c1-16(2)7-6-8-17(3)11-12-18-13-14-20-19-9-4-5-10-21(19)23-22(20)15-18/h4-5,9-10,13-17,23H,6-8,11-12H2,1-3H3. The number of benzene rings is 2. The third kappa shape index (κ3) is 3.96. The lowest BCUT2D eigenvalue weighted by Crippen LogP contribution is -1.99. The molecule has 1 unspecified atom stereocenters. The molecule has 1 aromatic heterocycles. The van der Waals surface area contributed by atoms with E-state index >= 15 is 0 Å². The zero-order chi connectivity index (χ0) is 16.2. The van der Waals surface area contributed by atoms with Gasteiger partial charge >= 0.3 is 0 Å². The third-order valence-electron chi connectivity index (χ3n) is 4.97. The molecule has 0 aliphatic heterocycles. The molecule has 1 heterocycles. The summed E-state index contributed by atoms with van der Waals surface area (Å²) >= 11 is 0. The zero-order valence-corrected chi connectivity index (χ0v) is 14.7. The van der Waals surface area contributed by atoms with Crippen LogP contribution in [0, 0.1) is 11.8 Å². The lowest BCUT2D eigenvalue weighted by atomic mass is 9.94. The maximum atomic E-state index is 3.55. The topological polar surface area (TPSA) is 15.8 Å². The number of aromatic amines is 1. The molecule has 1 heteroatoms. The third-order valence-corrected chi connectivity index (χ3v) is 4.97. The highest BCUT2D eigenvalue weighted by Gasteiger charge is 2.07. The van der Waals surface area contributed by atoms with Crippen LogP contribution in [0.3, 0.4) is 0 Å². The van der Waals surface area contributed by atoms with Crippen LogP contribution in [0.5, 0.6) is 0 Å². The summed E-state index contributed by atoms with van der Waals surface area (Å²) < 4.78 is 0. The normalized spacial score (nSPS) is 13.2. The number of para-hydroxylation sites is 1. The molecule has 0 fully saturated rings. The van der Waals surface area contributed by atoms with Crippen LogP contribution in [0.4, 0.5) is 0 Å². The molecule has 0 saturated carbocycles. The molecule has 1 N–H and O–H groups in total. The molecule has 3 aromatic rings. The van der Waals surface area contributed by atoms with Gasteiger partial charge < -0.3 is 4.98 Å². The second-order valence-electron chi connectivity index (χ2n) is 7.52. The number of rotatable bonds is 7. The first-order valence-electron chi connectivity index (χ1n) is 9.13. The minimum atomic E-state index is 0.826. The van der Waals surface area contributed by atoms with Gasteiger partial charge in [0, 0.05) is 21.8 Å². The number of aromatic nitrogens is 1. The van der Waals surface area contributed by atoms with Crippen molar-refractivity contribution in [3.8, 4) is 0 Å². The van der Waals surface area contributed by atoms with Crippen LogP contribution in [0.15, 0.2) is 42.5 Å². The number of hydrogen-bond donors (Lipinski definition) is 1. The summed E-state index contributed by atoms with van der Waals surface area (Å²) in [6, 6.07) is 15.5. The molecule has 122 valence electrons. The van der Waals surface area contributed by atoms with Crippen LogP contribution < -0.4 is 0 Å². The summed E-state index contributed by atoms with van der Waals surface area (Å²) in [7, 11) is 0. The SMILES string of the molecule is CC(C)CCCC(C)CCc1ccc2c(c1)[nH]c1ccccc12. The Morgan fingerprint density at radius 3 is 2.43 bits per heavy atom. The molecule has 0 aliphatic rings. The number of fused-ring (bicyclic) bond motifs is 3. The van der Waals surface area contributed by atoms with E-state index < -0.39 is 0 Å². The van der Waals surface area contributed by atoms with Gasteiger partial charge in [0.1, 0.15) is 0 Å². The average molecular weight is 307 g/mol. The fourth-order valence-corrected chi connectivity index (χ4v) is 3.49. The van der Waals surface area contributed by atoms with Crippen molar-refractivity contribution in [1.29, 1.82) is 0 Å². The van der Waals surface area contributed by atoms with Crippen LogP contribution in [0.2, 0.25) is 0 Å². The van der Waals surface area contributed by atoms with Crippen LogP contribution in [-0.2, 0) is 6.42 Å². The lowest BCUT2D eigenvalue weighted by molar-refractivity contribution is 0.437. The van der Waals surface area contributed by atoms with Gasteiger partial charge in [-0.05, 0) is 42.4 Å². The molecule has 1 atom stereocenters. The summed E-state index contributed by atoms with van der Waals surface area (Å²) in [5, 5.41) is 2.67. The molecular weight excluding hydrogens is 278 g/mol. The quantitative estimate of drug-likeness (QED) is 0.499. The van der Waals surface area contributed by atoms with Gasteiger partial charge in [0.05, 0.1) is 0 Å². The molecule has 0 saturated heterocycles. The number of hydrogen-bond acceptors (Lipinski definition) is 0. The van der Waals surface area contributed by atoms with E-state index in [2.05, 4.69) is 68.2 Å². The van der Waals surface area contributed by atoms with E-state index in [-0.39, 0.29) is 0 Å². The molecule has 1 nitrogen and oxygen atoms in total. The molecule has 0 amide bonds. The molecule has 0 spiro atoms. The largest absolute Gasteiger partial charge is 0.355 e. The second kappa shape index (κ2) is 7.21. The number of nitrogens with one attached hydrogen (secondary N) is 1. The molecule has 23 heavy (non-hydrogen) atoms.